The number of hydrogen-bond acceptors (Lipinski definition) is 6. The van der Waals surface area contributed by atoms with Gasteiger partial charge >= 0.3 is 0 Å². The second kappa shape index (κ2) is 7.44. The fourth-order valence-corrected chi connectivity index (χ4v) is 2.67. The van der Waals surface area contributed by atoms with E-state index in [-0.39, 0.29) is 0 Å². The van der Waals surface area contributed by atoms with E-state index < -0.39 is 0 Å². The van der Waals surface area contributed by atoms with Crippen LogP contribution in [-0.2, 0) is 6.54 Å². The zero-order valence-corrected chi connectivity index (χ0v) is 13.8. The number of halogens is 1. The average molecular weight is 358 g/mol. The SMILES string of the molecule is CCCOc1c(Br)cc(CNc2cnns2)cc1OC. The highest BCUT2D eigenvalue weighted by Crippen LogP contribution is 2.37. The summed E-state index contributed by atoms with van der Waals surface area (Å²) in [5.41, 5.74) is 1.09. The van der Waals surface area contributed by atoms with Crippen LogP contribution in [0.25, 0.3) is 0 Å². The van der Waals surface area contributed by atoms with Gasteiger partial charge in [-0.05, 0) is 40.0 Å². The number of nitrogens with one attached hydrogen (secondary N) is 1. The Morgan fingerprint density at radius 1 is 1.40 bits per heavy atom. The Hall–Kier alpha value is -1.34. The van der Waals surface area contributed by atoms with Crippen molar-refractivity contribution >= 4 is 32.5 Å². The van der Waals surface area contributed by atoms with Gasteiger partial charge in [0.05, 0.1) is 24.4 Å². The summed E-state index contributed by atoms with van der Waals surface area (Å²) in [7, 11) is 1.64. The molecule has 1 aromatic heterocycles. The molecule has 1 heterocycles. The van der Waals surface area contributed by atoms with Crippen LogP contribution < -0.4 is 14.8 Å². The Balaban J connectivity index is 2.12. The number of anilines is 1. The van der Waals surface area contributed by atoms with E-state index in [0.29, 0.717) is 13.2 Å². The third kappa shape index (κ3) is 3.83. The molecule has 0 unspecified atom stereocenters. The largest absolute Gasteiger partial charge is 0.493 e. The lowest BCUT2D eigenvalue weighted by molar-refractivity contribution is 0.292. The van der Waals surface area contributed by atoms with Crippen LogP contribution in [0.15, 0.2) is 22.8 Å². The van der Waals surface area contributed by atoms with Crippen LogP contribution >= 0.6 is 27.5 Å². The molecule has 0 atom stereocenters. The van der Waals surface area contributed by atoms with E-state index in [1.54, 1.807) is 13.3 Å². The smallest absolute Gasteiger partial charge is 0.175 e. The van der Waals surface area contributed by atoms with Gasteiger partial charge in [-0.1, -0.05) is 11.4 Å². The zero-order chi connectivity index (χ0) is 14.4. The van der Waals surface area contributed by atoms with Crippen molar-refractivity contribution in [2.45, 2.75) is 19.9 Å². The lowest BCUT2D eigenvalue weighted by Crippen LogP contribution is -2.02. The van der Waals surface area contributed by atoms with Crippen molar-refractivity contribution in [2.24, 2.45) is 0 Å². The molecule has 1 aromatic carbocycles. The topological polar surface area (TPSA) is 56.3 Å². The predicted octanol–water partition coefficient (Wildman–Crippen LogP) is 3.71. The fourth-order valence-electron chi connectivity index (χ4n) is 1.65. The van der Waals surface area contributed by atoms with Crippen LogP contribution in [0, 0.1) is 0 Å². The van der Waals surface area contributed by atoms with Crippen molar-refractivity contribution < 1.29 is 9.47 Å². The van der Waals surface area contributed by atoms with Crippen molar-refractivity contribution in [1.82, 2.24) is 9.59 Å². The van der Waals surface area contributed by atoms with Crippen LogP contribution in [-0.4, -0.2) is 23.3 Å². The van der Waals surface area contributed by atoms with Gasteiger partial charge in [0.25, 0.3) is 0 Å². The Kier molecular flexibility index (Phi) is 5.60. The summed E-state index contributed by atoms with van der Waals surface area (Å²) < 4.78 is 15.8. The molecule has 0 radical (unpaired) electrons. The fraction of sp³-hybridized carbons (Fsp3) is 0.385. The molecular formula is C13H16BrN3O2S. The average Bonchev–Trinajstić information content (AvgIpc) is 2.96. The van der Waals surface area contributed by atoms with Crippen LogP contribution in [0.3, 0.4) is 0 Å². The molecule has 0 spiro atoms. The molecule has 0 aliphatic carbocycles. The molecule has 2 rings (SSSR count). The molecule has 0 bridgehead atoms. The van der Waals surface area contributed by atoms with E-state index in [0.717, 1.165) is 33.0 Å². The monoisotopic (exact) mass is 357 g/mol. The molecule has 0 aliphatic heterocycles. The second-order valence-corrected chi connectivity index (χ2v) is 5.73. The first kappa shape index (κ1) is 15.1. The number of aromatic nitrogens is 2. The summed E-state index contributed by atoms with van der Waals surface area (Å²) in [6, 6.07) is 3.99. The summed E-state index contributed by atoms with van der Waals surface area (Å²) in [4.78, 5) is 0. The number of ether oxygens (including phenoxy) is 2. The molecule has 0 amide bonds. The van der Waals surface area contributed by atoms with E-state index in [1.807, 2.05) is 12.1 Å². The molecule has 5 nitrogen and oxygen atoms in total. The van der Waals surface area contributed by atoms with Gasteiger partial charge in [0.1, 0.15) is 5.00 Å². The van der Waals surface area contributed by atoms with Gasteiger partial charge in [0, 0.05) is 18.1 Å². The third-order valence-electron chi connectivity index (χ3n) is 2.57. The Labute approximate surface area is 130 Å². The molecule has 2 aromatic rings. The van der Waals surface area contributed by atoms with Gasteiger partial charge in [-0.15, -0.1) is 5.10 Å². The number of methoxy groups -OCH3 is 1. The Bertz CT molecular complexity index is 549. The molecule has 108 valence electrons. The van der Waals surface area contributed by atoms with E-state index in [2.05, 4.69) is 37.8 Å². The summed E-state index contributed by atoms with van der Waals surface area (Å²) >= 11 is 4.86. The van der Waals surface area contributed by atoms with E-state index in [9.17, 15) is 0 Å². The van der Waals surface area contributed by atoms with Crippen molar-refractivity contribution in [2.75, 3.05) is 19.0 Å². The van der Waals surface area contributed by atoms with Crippen molar-refractivity contribution in [3.8, 4) is 11.5 Å². The van der Waals surface area contributed by atoms with Crippen LogP contribution in [0.5, 0.6) is 11.5 Å². The highest BCUT2D eigenvalue weighted by molar-refractivity contribution is 9.10. The minimum Gasteiger partial charge on any atom is -0.493 e. The zero-order valence-electron chi connectivity index (χ0n) is 11.4. The first-order chi connectivity index (χ1) is 9.74. The van der Waals surface area contributed by atoms with Crippen molar-refractivity contribution in [3.05, 3.63) is 28.4 Å². The molecular weight excluding hydrogens is 342 g/mol. The quantitative estimate of drug-likeness (QED) is 0.818. The predicted molar refractivity (Wildman–Crippen MR) is 83.7 cm³/mol. The summed E-state index contributed by atoms with van der Waals surface area (Å²) in [6.45, 7) is 3.41. The van der Waals surface area contributed by atoms with Gasteiger partial charge < -0.3 is 14.8 Å². The number of hydrogen-bond donors (Lipinski definition) is 1. The number of benzene rings is 1. The molecule has 0 fully saturated rings. The minimum atomic E-state index is 0.666. The lowest BCUT2D eigenvalue weighted by atomic mass is 10.2. The standard InChI is InChI=1S/C13H16BrN3O2S/c1-3-4-19-13-10(14)5-9(6-11(13)18-2)7-15-12-8-16-17-20-12/h5-6,8,15H,3-4,7H2,1-2H3. The molecule has 0 saturated carbocycles. The summed E-state index contributed by atoms with van der Waals surface area (Å²) in [5, 5.41) is 7.98. The lowest BCUT2D eigenvalue weighted by Gasteiger charge is -2.14. The highest BCUT2D eigenvalue weighted by atomic mass is 79.9. The van der Waals surface area contributed by atoms with Crippen molar-refractivity contribution in [1.29, 1.82) is 0 Å². The van der Waals surface area contributed by atoms with Crippen LogP contribution in [0.4, 0.5) is 5.00 Å². The van der Waals surface area contributed by atoms with E-state index >= 15 is 0 Å². The maximum Gasteiger partial charge on any atom is 0.175 e. The van der Waals surface area contributed by atoms with Crippen molar-refractivity contribution in [3.63, 3.8) is 0 Å². The summed E-state index contributed by atoms with van der Waals surface area (Å²) in [5.74, 6) is 1.48. The van der Waals surface area contributed by atoms with Gasteiger partial charge in [0.15, 0.2) is 11.5 Å². The molecule has 1 N–H and O–H groups in total. The van der Waals surface area contributed by atoms with E-state index in [4.69, 9.17) is 9.47 Å². The molecule has 0 aliphatic rings. The Morgan fingerprint density at radius 3 is 2.90 bits per heavy atom. The second-order valence-electron chi connectivity index (χ2n) is 4.09. The van der Waals surface area contributed by atoms with Gasteiger partial charge in [-0.3, -0.25) is 0 Å². The van der Waals surface area contributed by atoms with Gasteiger partial charge in [0.2, 0.25) is 0 Å². The maximum absolute atomic E-state index is 5.70. The first-order valence-corrected chi connectivity index (χ1v) is 7.81. The molecule has 20 heavy (non-hydrogen) atoms. The normalized spacial score (nSPS) is 10.3. The summed E-state index contributed by atoms with van der Waals surface area (Å²) in [6.07, 6.45) is 2.66. The molecule has 7 heteroatoms. The van der Waals surface area contributed by atoms with E-state index in [1.165, 1.54) is 11.5 Å². The Morgan fingerprint density at radius 2 is 2.25 bits per heavy atom. The number of rotatable bonds is 7. The van der Waals surface area contributed by atoms with Crippen LogP contribution in [0.2, 0.25) is 0 Å². The van der Waals surface area contributed by atoms with Crippen LogP contribution in [0.1, 0.15) is 18.9 Å². The first-order valence-electron chi connectivity index (χ1n) is 6.25. The highest BCUT2D eigenvalue weighted by Gasteiger charge is 2.11. The minimum absolute atomic E-state index is 0.666. The maximum atomic E-state index is 5.70. The van der Waals surface area contributed by atoms with Gasteiger partial charge in [-0.2, -0.15) is 0 Å². The number of nitrogens with zero attached hydrogens (tertiary/aromatic N) is 2. The third-order valence-corrected chi connectivity index (χ3v) is 3.78. The molecule has 0 saturated heterocycles. The van der Waals surface area contributed by atoms with Gasteiger partial charge in [-0.25, -0.2) is 0 Å².